The van der Waals surface area contributed by atoms with Gasteiger partial charge < -0.3 is 5.32 Å². The van der Waals surface area contributed by atoms with E-state index in [9.17, 15) is 14.4 Å². The number of amides is 4. The van der Waals surface area contributed by atoms with Crippen molar-refractivity contribution in [3.8, 4) is 0 Å². The normalized spacial score (nSPS) is 31.5. The van der Waals surface area contributed by atoms with Gasteiger partial charge in [-0.3, -0.25) is 19.9 Å². The second-order valence-corrected chi connectivity index (χ2v) is 8.99. The van der Waals surface area contributed by atoms with Crippen LogP contribution in [0.2, 0.25) is 0 Å². The van der Waals surface area contributed by atoms with Crippen molar-refractivity contribution in [3.63, 3.8) is 0 Å². The van der Waals surface area contributed by atoms with E-state index in [1.165, 1.54) is 4.88 Å². The largest absolute Gasteiger partial charge is 0.344 e. The molecule has 27 heavy (non-hydrogen) atoms. The number of rotatable bonds is 4. The lowest BCUT2D eigenvalue weighted by atomic mass is 9.77. The summed E-state index contributed by atoms with van der Waals surface area (Å²) < 4.78 is 0. The Bertz CT molecular complexity index is 727. The van der Waals surface area contributed by atoms with Gasteiger partial charge in [-0.15, -0.1) is 11.3 Å². The van der Waals surface area contributed by atoms with Crippen molar-refractivity contribution in [1.29, 1.82) is 0 Å². The number of hydrogen-bond acceptors (Lipinski definition) is 5. The van der Waals surface area contributed by atoms with Crippen molar-refractivity contribution in [1.82, 2.24) is 20.7 Å². The van der Waals surface area contributed by atoms with Gasteiger partial charge in [0.1, 0.15) is 5.54 Å². The topological polar surface area (TPSA) is 81.8 Å². The van der Waals surface area contributed by atoms with Crippen LogP contribution in [0, 0.1) is 5.92 Å². The fourth-order valence-corrected chi connectivity index (χ4v) is 5.37. The van der Waals surface area contributed by atoms with Gasteiger partial charge in [0.05, 0.1) is 6.54 Å². The van der Waals surface area contributed by atoms with Crippen molar-refractivity contribution < 1.29 is 14.4 Å². The van der Waals surface area contributed by atoms with E-state index >= 15 is 0 Å². The lowest BCUT2D eigenvalue weighted by Gasteiger charge is -2.33. The van der Waals surface area contributed by atoms with Gasteiger partial charge in [-0.05, 0) is 62.4 Å². The van der Waals surface area contributed by atoms with Gasteiger partial charge in [-0.1, -0.05) is 13.0 Å². The minimum atomic E-state index is -0.829. The molecule has 1 aromatic heterocycles. The highest BCUT2D eigenvalue weighted by molar-refractivity contribution is 7.10. The number of imide groups is 1. The fourth-order valence-electron chi connectivity index (χ4n) is 4.48. The van der Waals surface area contributed by atoms with Crippen molar-refractivity contribution in [2.24, 2.45) is 5.92 Å². The highest BCUT2D eigenvalue weighted by Gasteiger charge is 2.53. The van der Waals surface area contributed by atoms with Crippen LogP contribution in [0.4, 0.5) is 4.79 Å². The molecule has 146 valence electrons. The Morgan fingerprint density at radius 1 is 1.33 bits per heavy atom. The first kappa shape index (κ1) is 18.4. The molecule has 3 heterocycles. The van der Waals surface area contributed by atoms with Gasteiger partial charge >= 0.3 is 6.03 Å². The molecule has 0 aromatic carbocycles. The molecule has 2 saturated heterocycles. The highest BCUT2D eigenvalue weighted by atomic mass is 32.1. The van der Waals surface area contributed by atoms with E-state index < -0.39 is 11.6 Å². The fraction of sp³-hybridized carbons (Fsp3) is 0.632. The molecule has 1 atom stereocenters. The number of hydrazine groups is 1. The lowest BCUT2D eigenvalue weighted by molar-refractivity contribution is -0.140. The molecule has 4 amide bonds. The number of nitrogens with zero attached hydrogens (tertiary/aromatic N) is 2. The standard InChI is InChI=1S/C19H26N4O3S/c1-13-6-8-19(9-7-13)17(25)23(18(26)20-19)21-16(24)12-22-10-2-4-14(22)15-5-3-11-27-15/h3,5,11,13-14H,2,4,6-10,12H2,1H3,(H,20,26)(H,21,24)/t13?,14-,19?/m0/s1. The molecule has 3 fully saturated rings. The van der Waals surface area contributed by atoms with E-state index in [0.29, 0.717) is 18.8 Å². The van der Waals surface area contributed by atoms with Crippen LogP contribution in [0.25, 0.3) is 0 Å². The predicted octanol–water partition coefficient (Wildman–Crippen LogP) is 2.42. The van der Waals surface area contributed by atoms with Gasteiger partial charge in [0.25, 0.3) is 11.8 Å². The third-order valence-electron chi connectivity index (χ3n) is 6.11. The predicted molar refractivity (Wildman–Crippen MR) is 102 cm³/mol. The van der Waals surface area contributed by atoms with Crippen LogP contribution in [0.5, 0.6) is 0 Å². The van der Waals surface area contributed by atoms with Crippen LogP contribution >= 0.6 is 11.3 Å². The summed E-state index contributed by atoms with van der Waals surface area (Å²) in [6.07, 6.45) is 5.15. The zero-order chi connectivity index (χ0) is 19.0. The van der Waals surface area contributed by atoms with E-state index in [-0.39, 0.29) is 24.4 Å². The Morgan fingerprint density at radius 2 is 2.11 bits per heavy atom. The molecule has 1 saturated carbocycles. The summed E-state index contributed by atoms with van der Waals surface area (Å²) in [6, 6.07) is 3.84. The van der Waals surface area contributed by atoms with Crippen LogP contribution < -0.4 is 10.7 Å². The van der Waals surface area contributed by atoms with E-state index in [0.717, 1.165) is 37.2 Å². The maximum atomic E-state index is 12.8. The first-order valence-electron chi connectivity index (χ1n) is 9.72. The Labute approximate surface area is 163 Å². The smallest absolute Gasteiger partial charge is 0.322 e. The van der Waals surface area contributed by atoms with Crippen molar-refractivity contribution in [2.75, 3.05) is 13.1 Å². The molecule has 8 heteroatoms. The summed E-state index contributed by atoms with van der Waals surface area (Å²) in [5.41, 5.74) is 1.72. The maximum absolute atomic E-state index is 12.8. The molecule has 2 N–H and O–H groups in total. The minimum Gasteiger partial charge on any atom is -0.322 e. The first-order valence-corrected chi connectivity index (χ1v) is 10.6. The molecular weight excluding hydrogens is 364 g/mol. The van der Waals surface area contributed by atoms with Gasteiger partial charge in [0.15, 0.2) is 0 Å². The van der Waals surface area contributed by atoms with Crippen LogP contribution in [0.3, 0.4) is 0 Å². The molecule has 7 nitrogen and oxygen atoms in total. The summed E-state index contributed by atoms with van der Waals surface area (Å²) in [4.78, 5) is 41.1. The van der Waals surface area contributed by atoms with Crippen molar-refractivity contribution in [3.05, 3.63) is 22.4 Å². The molecule has 3 aliphatic rings. The Morgan fingerprint density at radius 3 is 2.81 bits per heavy atom. The Balaban J connectivity index is 1.38. The zero-order valence-corrected chi connectivity index (χ0v) is 16.4. The molecule has 2 aliphatic heterocycles. The quantitative estimate of drug-likeness (QED) is 0.774. The maximum Gasteiger partial charge on any atom is 0.344 e. The summed E-state index contributed by atoms with van der Waals surface area (Å²) in [5.74, 6) is -0.0690. The van der Waals surface area contributed by atoms with Crippen LogP contribution in [0.15, 0.2) is 17.5 Å². The molecule has 0 bridgehead atoms. The van der Waals surface area contributed by atoms with E-state index in [1.54, 1.807) is 11.3 Å². The van der Waals surface area contributed by atoms with Crippen LogP contribution in [-0.4, -0.2) is 46.4 Å². The molecule has 0 radical (unpaired) electrons. The second-order valence-electron chi connectivity index (χ2n) is 8.01. The van der Waals surface area contributed by atoms with E-state index in [2.05, 4.69) is 28.6 Å². The Hall–Kier alpha value is -1.93. The molecule has 4 rings (SSSR count). The second kappa shape index (κ2) is 7.24. The minimum absolute atomic E-state index is 0.184. The number of carbonyl (C=O) groups is 3. The number of thiophene rings is 1. The number of hydrogen-bond donors (Lipinski definition) is 2. The zero-order valence-electron chi connectivity index (χ0n) is 15.6. The van der Waals surface area contributed by atoms with Crippen LogP contribution in [-0.2, 0) is 9.59 Å². The number of urea groups is 1. The van der Waals surface area contributed by atoms with Gasteiger partial charge in [0.2, 0.25) is 0 Å². The molecule has 1 spiro atoms. The lowest BCUT2D eigenvalue weighted by Crippen LogP contribution is -2.52. The molecule has 1 aliphatic carbocycles. The summed E-state index contributed by atoms with van der Waals surface area (Å²) in [7, 11) is 0. The first-order chi connectivity index (χ1) is 13.0. The average molecular weight is 391 g/mol. The summed E-state index contributed by atoms with van der Waals surface area (Å²) >= 11 is 1.70. The van der Waals surface area contributed by atoms with Crippen LogP contribution in [0.1, 0.15) is 56.4 Å². The monoisotopic (exact) mass is 390 g/mol. The van der Waals surface area contributed by atoms with Gasteiger partial charge in [-0.2, -0.15) is 5.01 Å². The van der Waals surface area contributed by atoms with Gasteiger partial charge in [0, 0.05) is 10.9 Å². The van der Waals surface area contributed by atoms with Gasteiger partial charge in [-0.25, -0.2) is 4.79 Å². The van der Waals surface area contributed by atoms with Crippen molar-refractivity contribution >= 4 is 29.2 Å². The Kier molecular flexibility index (Phi) is 4.94. The van der Waals surface area contributed by atoms with Crippen molar-refractivity contribution in [2.45, 2.75) is 57.0 Å². The molecule has 0 unspecified atom stereocenters. The third kappa shape index (κ3) is 3.48. The summed E-state index contributed by atoms with van der Waals surface area (Å²) in [5, 5.41) is 5.77. The third-order valence-corrected chi connectivity index (χ3v) is 7.08. The number of nitrogens with one attached hydrogen (secondary N) is 2. The molecule has 1 aromatic rings. The number of likely N-dealkylation sites (tertiary alicyclic amines) is 1. The SMILES string of the molecule is CC1CCC2(CC1)NC(=O)N(NC(=O)CN1CCC[C@H]1c1cccs1)C2=O. The average Bonchev–Trinajstić information content (AvgIpc) is 3.36. The van der Waals surface area contributed by atoms with E-state index in [4.69, 9.17) is 0 Å². The number of carbonyl (C=O) groups excluding carboxylic acids is 3. The summed E-state index contributed by atoms with van der Waals surface area (Å²) in [6.45, 7) is 3.19. The van der Waals surface area contributed by atoms with E-state index in [1.807, 2.05) is 11.4 Å². The molecular formula is C19H26N4O3S. The highest BCUT2D eigenvalue weighted by Crippen LogP contribution is 2.36.